The molecule has 0 radical (unpaired) electrons. The Morgan fingerprint density at radius 2 is 1.52 bits per heavy atom. The highest BCUT2D eigenvalue weighted by molar-refractivity contribution is 9.10. The molecule has 48 heavy (non-hydrogen) atoms. The van der Waals surface area contributed by atoms with Crippen molar-refractivity contribution in [2.75, 3.05) is 17.5 Å². The minimum atomic E-state index is -4.20. The Hall–Kier alpha value is -4.15. The Bertz CT molecular complexity index is 1760. The number of halogens is 1. The van der Waals surface area contributed by atoms with Crippen LogP contribution < -0.4 is 14.4 Å². The van der Waals surface area contributed by atoms with E-state index in [1.807, 2.05) is 68.4 Å². The van der Waals surface area contributed by atoms with Crippen molar-refractivity contribution in [1.29, 1.82) is 0 Å². The molecule has 1 atom stereocenters. The van der Waals surface area contributed by atoms with Crippen molar-refractivity contribution >= 4 is 43.5 Å². The number of carbonyl (C=O) groups is 2. The fourth-order valence-electron chi connectivity index (χ4n) is 5.95. The van der Waals surface area contributed by atoms with Crippen LogP contribution in [-0.2, 0) is 32.6 Å². The van der Waals surface area contributed by atoms with E-state index in [0.717, 1.165) is 51.2 Å². The summed E-state index contributed by atoms with van der Waals surface area (Å²) in [7, 11) is -4.20. The Kier molecular flexibility index (Phi) is 11.9. The summed E-state index contributed by atoms with van der Waals surface area (Å²) in [4.78, 5) is 30.4. The monoisotopic (exact) mass is 731 g/mol. The van der Waals surface area contributed by atoms with Gasteiger partial charge in [-0.1, -0.05) is 88.9 Å². The molecule has 8 nitrogen and oxygen atoms in total. The molecular formula is C38H42BrN3O5S. The standard InChI is InChI=1S/C38H42BrN3O5S/c1-3-47-34-21-19-33(20-22-34)42(48(45,46)35-23-17-31(39)18-24-35)27-37(43)41(26-30-15-13-28(2)14-16-30)36(25-29-9-5-4-6-10-29)38(44)40-32-11-7-8-12-32/h4-6,9-10,13-24,32,36H,3,7-8,11-12,25-27H2,1-2H3,(H,40,44). The summed E-state index contributed by atoms with van der Waals surface area (Å²) in [6.07, 6.45) is 4.16. The lowest BCUT2D eigenvalue weighted by molar-refractivity contribution is -0.140. The lowest BCUT2D eigenvalue weighted by atomic mass is 10.0. The number of hydrogen-bond donors (Lipinski definition) is 1. The molecule has 0 aliphatic heterocycles. The number of benzene rings is 4. The number of carbonyl (C=O) groups excluding carboxylic acids is 2. The van der Waals surface area contributed by atoms with Crippen molar-refractivity contribution in [3.05, 3.63) is 124 Å². The molecule has 1 aliphatic rings. The highest BCUT2D eigenvalue weighted by atomic mass is 79.9. The average molecular weight is 733 g/mol. The van der Waals surface area contributed by atoms with E-state index in [1.54, 1.807) is 41.3 Å². The van der Waals surface area contributed by atoms with E-state index in [4.69, 9.17) is 4.74 Å². The smallest absolute Gasteiger partial charge is 0.264 e. The van der Waals surface area contributed by atoms with E-state index in [0.29, 0.717) is 18.0 Å². The molecule has 0 spiro atoms. The van der Waals surface area contributed by atoms with E-state index in [2.05, 4.69) is 21.2 Å². The van der Waals surface area contributed by atoms with Crippen LogP contribution in [0, 0.1) is 6.92 Å². The number of nitrogens with zero attached hydrogens (tertiary/aromatic N) is 2. The highest BCUT2D eigenvalue weighted by Gasteiger charge is 2.35. The largest absolute Gasteiger partial charge is 0.494 e. The minimum Gasteiger partial charge on any atom is -0.494 e. The van der Waals surface area contributed by atoms with Gasteiger partial charge in [-0.25, -0.2) is 8.42 Å². The van der Waals surface area contributed by atoms with Crippen LogP contribution in [0.3, 0.4) is 0 Å². The van der Waals surface area contributed by atoms with Crippen molar-refractivity contribution in [2.45, 2.75) is 69.5 Å². The number of rotatable bonds is 14. The molecule has 0 saturated heterocycles. The van der Waals surface area contributed by atoms with Gasteiger partial charge in [0.25, 0.3) is 10.0 Å². The van der Waals surface area contributed by atoms with Crippen LogP contribution >= 0.6 is 15.9 Å². The van der Waals surface area contributed by atoms with Crippen molar-refractivity contribution in [3.8, 4) is 5.75 Å². The van der Waals surface area contributed by atoms with Crippen LogP contribution in [0.1, 0.15) is 49.3 Å². The molecule has 0 heterocycles. The number of anilines is 1. The van der Waals surface area contributed by atoms with E-state index >= 15 is 0 Å². The minimum absolute atomic E-state index is 0.0391. The lowest BCUT2D eigenvalue weighted by Crippen LogP contribution is -2.54. The number of amides is 2. The molecule has 2 amide bonds. The quantitative estimate of drug-likeness (QED) is 0.150. The van der Waals surface area contributed by atoms with E-state index in [1.165, 1.54) is 12.1 Å². The third kappa shape index (κ3) is 9.05. The van der Waals surface area contributed by atoms with Gasteiger partial charge >= 0.3 is 0 Å². The van der Waals surface area contributed by atoms with Crippen LogP contribution in [0.25, 0.3) is 0 Å². The predicted octanol–water partition coefficient (Wildman–Crippen LogP) is 7.05. The maximum absolute atomic E-state index is 14.7. The number of aryl methyl sites for hydroxylation is 1. The van der Waals surface area contributed by atoms with Crippen LogP contribution in [0.2, 0.25) is 0 Å². The summed E-state index contributed by atoms with van der Waals surface area (Å²) >= 11 is 3.38. The second-order valence-electron chi connectivity index (χ2n) is 12.1. The Morgan fingerprint density at radius 1 is 0.875 bits per heavy atom. The molecule has 1 saturated carbocycles. The van der Waals surface area contributed by atoms with Crippen LogP contribution in [-0.4, -0.2) is 50.4 Å². The van der Waals surface area contributed by atoms with Crippen LogP contribution in [0.15, 0.2) is 112 Å². The molecule has 5 rings (SSSR count). The van der Waals surface area contributed by atoms with Gasteiger partial charge in [0.1, 0.15) is 18.3 Å². The molecular weight excluding hydrogens is 690 g/mol. The summed E-state index contributed by atoms with van der Waals surface area (Å²) in [5, 5.41) is 3.21. The third-order valence-corrected chi connectivity index (χ3v) is 10.9. The summed E-state index contributed by atoms with van der Waals surface area (Å²) < 4.78 is 36.0. The third-order valence-electron chi connectivity index (χ3n) is 8.56. The van der Waals surface area contributed by atoms with Gasteiger partial charge in [0.15, 0.2) is 0 Å². The van der Waals surface area contributed by atoms with Crippen LogP contribution in [0.4, 0.5) is 5.69 Å². The van der Waals surface area contributed by atoms with Crippen molar-refractivity contribution in [3.63, 3.8) is 0 Å². The van der Waals surface area contributed by atoms with Crippen molar-refractivity contribution in [2.24, 2.45) is 0 Å². The van der Waals surface area contributed by atoms with Gasteiger partial charge in [0, 0.05) is 23.5 Å². The molecule has 10 heteroatoms. The van der Waals surface area contributed by atoms with Gasteiger partial charge in [-0.15, -0.1) is 0 Å². The molecule has 0 aromatic heterocycles. The Morgan fingerprint density at radius 3 is 2.15 bits per heavy atom. The second-order valence-corrected chi connectivity index (χ2v) is 14.9. The van der Waals surface area contributed by atoms with Crippen molar-refractivity contribution in [1.82, 2.24) is 10.2 Å². The van der Waals surface area contributed by atoms with E-state index in [9.17, 15) is 18.0 Å². The summed E-state index contributed by atoms with van der Waals surface area (Å²) in [6.45, 7) is 3.93. The summed E-state index contributed by atoms with van der Waals surface area (Å²) in [5.74, 6) is -0.150. The van der Waals surface area contributed by atoms with E-state index < -0.39 is 28.5 Å². The Balaban J connectivity index is 1.56. The van der Waals surface area contributed by atoms with Crippen LogP contribution in [0.5, 0.6) is 5.75 Å². The van der Waals surface area contributed by atoms with Gasteiger partial charge < -0.3 is 15.0 Å². The van der Waals surface area contributed by atoms with Gasteiger partial charge in [0.2, 0.25) is 11.8 Å². The predicted molar refractivity (Wildman–Crippen MR) is 192 cm³/mol. The molecule has 1 N–H and O–H groups in total. The molecule has 0 bridgehead atoms. The molecule has 4 aromatic rings. The van der Waals surface area contributed by atoms with Gasteiger partial charge in [0.05, 0.1) is 17.2 Å². The first-order chi connectivity index (χ1) is 23.1. The van der Waals surface area contributed by atoms with Gasteiger partial charge in [-0.3, -0.25) is 13.9 Å². The highest BCUT2D eigenvalue weighted by Crippen LogP contribution is 2.28. The number of sulfonamides is 1. The second kappa shape index (κ2) is 16.3. The molecule has 1 fully saturated rings. The van der Waals surface area contributed by atoms with Gasteiger partial charge in [-0.2, -0.15) is 0 Å². The maximum Gasteiger partial charge on any atom is 0.264 e. The van der Waals surface area contributed by atoms with E-state index in [-0.39, 0.29) is 29.8 Å². The molecule has 4 aromatic carbocycles. The average Bonchev–Trinajstić information content (AvgIpc) is 3.60. The zero-order chi connectivity index (χ0) is 34.1. The fourth-order valence-corrected chi connectivity index (χ4v) is 7.63. The van der Waals surface area contributed by atoms with Gasteiger partial charge in [-0.05, 0) is 86.3 Å². The lowest BCUT2D eigenvalue weighted by Gasteiger charge is -2.34. The molecule has 1 aliphatic carbocycles. The first-order valence-corrected chi connectivity index (χ1v) is 18.6. The maximum atomic E-state index is 14.7. The summed E-state index contributed by atoms with van der Waals surface area (Å²) in [5.41, 5.74) is 3.11. The SMILES string of the molecule is CCOc1ccc(N(CC(=O)N(Cc2ccc(C)cc2)C(Cc2ccccc2)C(=O)NC2CCCC2)S(=O)(=O)c2ccc(Br)cc2)cc1. The normalized spacial score (nSPS) is 13.9. The summed E-state index contributed by atoms with van der Waals surface area (Å²) in [6, 6.07) is 29.5. The first kappa shape index (κ1) is 35.2. The van der Waals surface area contributed by atoms with Crippen molar-refractivity contribution < 1.29 is 22.7 Å². The number of ether oxygens (including phenoxy) is 1. The first-order valence-electron chi connectivity index (χ1n) is 16.3. The zero-order valence-corrected chi connectivity index (χ0v) is 29.8. The fraction of sp³-hybridized carbons (Fsp3) is 0.316. The molecule has 1 unspecified atom stereocenters. The molecule has 252 valence electrons. The topological polar surface area (TPSA) is 96.0 Å². The Labute approximate surface area is 292 Å². The number of hydrogen-bond acceptors (Lipinski definition) is 5. The zero-order valence-electron chi connectivity index (χ0n) is 27.3. The number of nitrogens with one attached hydrogen (secondary N) is 1.